The maximum Gasteiger partial charge on any atom is 0.0363 e. The Balaban J connectivity index is 1.51. The van der Waals surface area contributed by atoms with Crippen LogP contribution < -0.4 is 4.90 Å². The highest BCUT2D eigenvalue weighted by Crippen LogP contribution is 2.29. The molecule has 0 heterocycles. The number of nitrogens with zero attached hydrogens (tertiary/aromatic N) is 1. The van der Waals surface area contributed by atoms with Crippen LogP contribution in [0.5, 0.6) is 0 Å². The van der Waals surface area contributed by atoms with Gasteiger partial charge in [0.2, 0.25) is 0 Å². The Hall–Kier alpha value is -2.80. The fourth-order valence-corrected chi connectivity index (χ4v) is 3.84. The molecule has 1 heteroatoms. The first-order valence-electron chi connectivity index (χ1n) is 9.48. The maximum atomic E-state index is 2.35. The fraction of sp³-hybridized carbons (Fsp3) is 0.200. The van der Waals surface area contributed by atoms with Crippen molar-refractivity contribution in [2.75, 3.05) is 18.5 Å². The second-order valence-electron chi connectivity index (χ2n) is 7.01. The van der Waals surface area contributed by atoms with Gasteiger partial charge < -0.3 is 4.90 Å². The number of anilines is 1. The van der Waals surface area contributed by atoms with Crippen LogP contribution in [0.3, 0.4) is 0 Å². The van der Waals surface area contributed by atoms with Gasteiger partial charge in [-0.05, 0) is 64.6 Å². The Labute approximate surface area is 155 Å². The molecule has 0 bridgehead atoms. The van der Waals surface area contributed by atoms with Crippen LogP contribution in [0.1, 0.15) is 18.4 Å². The van der Waals surface area contributed by atoms with Gasteiger partial charge in [0.25, 0.3) is 0 Å². The van der Waals surface area contributed by atoms with E-state index in [1.807, 2.05) is 0 Å². The summed E-state index contributed by atoms with van der Waals surface area (Å²) in [5.41, 5.74) is 2.80. The number of benzene rings is 4. The first-order valence-corrected chi connectivity index (χ1v) is 9.48. The van der Waals surface area contributed by atoms with E-state index < -0.39 is 0 Å². The first-order chi connectivity index (χ1) is 12.8. The van der Waals surface area contributed by atoms with Gasteiger partial charge in [0, 0.05) is 19.3 Å². The molecule has 0 saturated heterocycles. The third kappa shape index (κ3) is 3.43. The molecule has 4 aromatic carbocycles. The normalized spacial score (nSPS) is 11.1. The van der Waals surface area contributed by atoms with Crippen LogP contribution in [0.2, 0.25) is 0 Å². The van der Waals surface area contributed by atoms with E-state index >= 15 is 0 Å². The summed E-state index contributed by atoms with van der Waals surface area (Å²) < 4.78 is 0. The van der Waals surface area contributed by atoms with Gasteiger partial charge in [0.05, 0.1) is 0 Å². The Morgan fingerprint density at radius 1 is 0.654 bits per heavy atom. The zero-order valence-electron chi connectivity index (χ0n) is 15.4. The molecule has 130 valence electrons. The van der Waals surface area contributed by atoms with E-state index in [0.717, 1.165) is 13.0 Å². The average Bonchev–Trinajstić information content (AvgIpc) is 2.71. The van der Waals surface area contributed by atoms with Gasteiger partial charge >= 0.3 is 0 Å². The van der Waals surface area contributed by atoms with Crippen molar-refractivity contribution in [1.82, 2.24) is 0 Å². The highest BCUT2D eigenvalue weighted by molar-refractivity contribution is 6.02. The lowest BCUT2D eigenvalue weighted by Crippen LogP contribution is -2.18. The number of unbranched alkanes of at least 4 members (excludes halogenated alkanes) is 1. The molecular weight excluding hydrogens is 314 g/mol. The number of fused-ring (bicyclic) bond motifs is 2. The van der Waals surface area contributed by atoms with E-state index in [-0.39, 0.29) is 0 Å². The molecule has 0 radical (unpaired) electrons. The van der Waals surface area contributed by atoms with Gasteiger partial charge in [-0.2, -0.15) is 0 Å². The van der Waals surface area contributed by atoms with Gasteiger partial charge in [0.1, 0.15) is 0 Å². The number of rotatable bonds is 6. The predicted molar refractivity (Wildman–Crippen MR) is 114 cm³/mol. The number of hydrogen-bond donors (Lipinski definition) is 0. The second kappa shape index (κ2) is 7.61. The number of aryl methyl sites for hydroxylation is 1. The summed E-state index contributed by atoms with van der Waals surface area (Å²) in [6.07, 6.45) is 3.53. The molecule has 0 saturated carbocycles. The minimum Gasteiger partial charge on any atom is -0.375 e. The summed E-state index contributed by atoms with van der Waals surface area (Å²) in [5, 5.41) is 5.51. The fourth-order valence-electron chi connectivity index (χ4n) is 3.84. The van der Waals surface area contributed by atoms with Crippen molar-refractivity contribution in [3.8, 4) is 0 Å². The molecule has 0 aliphatic rings. The molecule has 0 fully saturated rings. The zero-order valence-corrected chi connectivity index (χ0v) is 15.4. The highest BCUT2D eigenvalue weighted by Gasteiger charge is 2.07. The van der Waals surface area contributed by atoms with Gasteiger partial charge in [-0.1, -0.05) is 66.7 Å². The largest absolute Gasteiger partial charge is 0.375 e. The molecular formula is C25H25N. The Morgan fingerprint density at radius 2 is 1.23 bits per heavy atom. The molecule has 0 aromatic heterocycles. The lowest BCUT2D eigenvalue weighted by molar-refractivity contribution is 0.723. The molecule has 0 atom stereocenters. The quantitative estimate of drug-likeness (QED) is 0.288. The monoisotopic (exact) mass is 339 g/mol. The van der Waals surface area contributed by atoms with E-state index in [9.17, 15) is 0 Å². The molecule has 4 rings (SSSR count). The standard InChI is InChI=1S/C25H25N/c1-26(22-13-3-2-4-14-22)18-10-9-17-25-23-15-7-5-11-20(23)19-21-12-6-8-16-24(21)25/h2-8,11-16,19H,9-10,17-18H2,1H3. The van der Waals surface area contributed by atoms with Gasteiger partial charge in [-0.25, -0.2) is 0 Å². The van der Waals surface area contributed by atoms with Gasteiger partial charge in [-0.15, -0.1) is 0 Å². The van der Waals surface area contributed by atoms with Crippen molar-refractivity contribution >= 4 is 27.2 Å². The van der Waals surface area contributed by atoms with Crippen LogP contribution in [0.15, 0.2) is 84.9 Å². The van der Waals surface area contributed by atoms with E-state index in [1.165, 1.54) is 45.6 Å². The van der Waals surface area contributed by atoms with Crippen molar-refractivity contribution in [3.63, 3.8) is 0 Å². The molecule has 0 spiro atoms. The van der Waals surface area contributed by atoms with Crippen molar-refractivity contribution < 1.29 is 0 Å². The summed E-state index contributed by atoms with van der Waals surface area (Å²) in [7, 11) is 2.18. The summed E-state index contributed by atoms with van der Waals surface area (Å²) >= 11 is 0. The second-order valence-corrected chi connectivity index (χ2v) is 7.01. The Kier molecular flexibility index (Phi) is 4.88. The molecule has 0 unspecified atom stereocenters. The van der Waals surface area contributed by atoms with E-state index in [2.05, 4.69) is 96.9 Å². The topological polar surface area (TPSA) is 3.24 Å². The van der Waals surface area contributed by atoms with E-state index in [4.69, 9.17) is 0 Å². The molecule has 26 heavy (non-hydrogen) atoms. The SMILES string of the molecule is CN(CCCCc1c2ccccc2cc2ccccc12)c1ccccc1. The summed E-state index contributed by atoms with van der Waals surface area (Å²) in [6.45, 7) is 1.09. The van der Waals surface area contributed by atoms with Crippen LogP contribution >= 0.6 is 0 Å². The number of hydrogen-bond acceptors (Lipinski definition) is 1. The average molecular weight is 339 g/mol. The van der Waals surface area contributed by atoms with Crippen molar-refractivity contribution in [2.24, 2.45) is 0 Å². The maximum absolute atomic E-state index is 2.35. The summed E-state index contributed by atoms with van der Waals surface area (Å²) in [4.78, 5) is 2.35. The van der Waals surface area contributed by atoms with Crippen LogP contribution in [0, 0.1) is 0 Å². The molecule has 0 aliphatic carbocycles. The van der Waals surface area contributed by atoms with Crippen molar-refractivity contribution in [2.45, 2.75) is 19.3 Å². The zero-order chi connectivity index (χ0) is 17.8. The van der Waals surface area contributed by atoms with Gasteiger partial charge in [-0.3, -0.25) is 0 Å². The summed E-state index contributed by atoms with van der Waals surface area (Å²) in [5.74, 6) is 0. The highest BCUT2D eigenvalue weighted by atomic mass is 15.1. The van der Waals surface area contributed by atoms with Gasteiger partial charge in [0.15, 0.2) is 0 Å². The lowest BCUT2D eigenvalue weighted by Gasteiger charge is -2.19. The minimum absolute atomic E-state index is 1.09. The first kappa shape index (κ1) is 16.7. The van der Waals surface area contributed by atoms with Crippen LogP contribution in [0.25, 0.3) is 21.5 Å². The third-order valence-electron chi connectivity index (χ3n) is 5.25. The molecule has 0 amide bonds. The Bertz CT molecular complexity index is 950. The molecule has 0 aliphatic heterocycles. The van der Waals surface area contributed by atoms with E-state index in [1.54, 1.807) is 0 Å². The lowest BCUT2D eigenvalue weighted by atomic mass is 9.93. The molecule has 4 aromatic rings. The Morgan fingerprint density at radius 3 is 1.88 bits per heavy atom. The molecule has 1 nitrogen and oxygen atoms in total. The van der Waals surface area contributed by atoms with Crippen molar-refractivity contribution in [3.05, 3.63) is 90.5 Å². The van der Waals surface area contributed by atoms with Crippen LogP contribution in [-0.2, 0) is 6.42 Å². The predicted octanol–water partition coefficient (Wildman–Crippen LogP) is 6.45. The van der Waals surface area contributed by atoms with Crippen LogP contribution in [-0.4, -0.2) is 13.6 Å². The number of para-hydroxylation sites is 1. The van der Waals surface area contributed by atoms with Crippen molar-refractivity contribution in [1.29, 1.82) is 0 Å². The third-order valence-corrected chi connectivity index (χ3v) is 5.25. The van der Waals surface area contributed by atoms with E-state index in [0.29, 0.717) is 0 Å². The molecule has 0 N–H and O–H groups in total. The minimum atomic E-state index is 1.09. The van der Waals surface area contributed by atoms with Crippen LogP contribution in [0.4, 0.5) is 5.69 Å². The summed E-state index contributed by atoms with van der Waals surface area (Å²) in [6, 6.07) is 30.5. The smallest absolute Gasteiger partial charge is 0.0363 e.